The minimum atomic E-state index is -0.217. The number of nitrogens with zero attached hydrogens (tertiary/aromatic N) is 2. The van der Waals surface area contributed by atoms with E-state index in [2.05, 4.69) is 110 Å². The van der Waals surface area contributed by atoms with Crippen LogP contribution < -0.4 is 16.0 Å². The number of aryl methyl sites for hydroxylation is 2. The molecule has 4 atom stereocenters. The van der Waals surface area contributed by atoms with Gasteiger partial charge in [-0.05, 0) is 123 Å². The Hall–Kier alpha value is -3.64. The lowest BCUT2D eigenvalue weighted by Gasteiger charge is -2.29. The van der Waals surface area contributed by atoms with Crippen molar-refractivity contribution in [3.63, 3.8) is 0 Å². The lowest BCUT2D eigenvalue weighted by molar-refractivity contribution is 0.217. The predicted octanol–water partition coefficient (Wildman–Crippen LogP) is 9.92. The van der Waals surface area contributed by atoms with E-state index in [9.17, 15) is 4.79 Å². The first-order valence-electron chi connectivity index (χ1n) is 19.8. The summed E-state index contributed by atoms with van der Waals surface area (Å²) in [5.74, 6) is 2.08. The number of urea groups is 1. The number of benzene rings is 1. The quantitative estimate of drug-likeness (QED) is 0.128. The molecular formula is C44H63N5O. The number of dihydropyridines is 1. The number of fused-ring (bicyclic) bond motifs is 1. The number of carbonyl (C=O) groups is 1. The highest BCUT2D eigenvalue weighted by atomic mass is 16.2. The molecular weight excluding hydrogens is 615 g/mol. The monoisotopic (exact) mass is 678 g/mol. The molecule has 0 aromatic heterocycles. The van der Waals surface area contributed by atoms with Gasteiger partial charge in [-0.15, -0.1) is 0 Å². The van der Waals surface area contributed by atoms with E-state index in [4.69, 9.17) is 0 Å². The number of hydrogen-bond donors (Lipinski definition) is 3. The Morgan fingerprint density at radius 1 is 1.00 bits per heavy atom. The first kappa shape index (κ1) is 37.6. The molecule has 6 nitrogen and oxygen atoms in total. The summed E-state index contributed by atoms with van der Waals surface area (Å²) in [7, 11) is 0. The van der Waals surface area contributed by atoms with E-state index < -0.39 is 0 Å². The Bertz CT molecular complexity index is 1520. The van der Waals surface area contributed by atoms with E-state index in [-0.39, 0.29) is 12.2 Å². The van der Waals surface area contributed by atoms with Gasteiger partial charge in [0, 0.05) is 42.5 Å². The first-order chi connectivity index (χ1) is 24.4. The van der Waals surface area contributed by atoms with Crippen molar-refractivity contribution < 1.29 is 4.79 Å². The molecule has 0 radical (unpaired) electrons. The lowest BCUT2D eigenvalue weighted by Crippen LogP contribution is -2.51. The van der Waals surface area contributed by atoms with Gasteiger partial charge in [-0.1, -0.05) is 95.2 Å². The summed E-state index contributed by atoms with van der Waals surface area (Å²) in [4.78, 5) is 19.6. The van der Waals surface area contributed by atoms with Gasteiger partial charge >= 0.3 is 6.03 Å². The summed E-state index contributed by atoms with van der Waals surface area (Å²) in [6.07, 6.45) is 31.1. The average Bonchev–Trinajstić information content (AvgIpc) is 3.39. The molecule has 3 N–H and O–H groups in total. The molecule has 50 heavy (non-hydrogen) atoms. The van der Waals surface area contributed by atoms with Gasteiger partial charge in [0.05, 0.1) is 0 Å². The molecule has 0 saturated carbocycles. The maximum absolute atomic E-state index is 13.5. The van der Waals surface area contributed by atoms with E-state index in [0.717, 1.165) is 80.5 Å². The second-order valence-corrected chi connectivity index (χ2v) is 14.9. The van der Waals surface area contributed by atoms with Crippen LogP contribution in [0.15, 0.2) is 88.3 Å². The number of unbranched alkanes of at least 4 members (excludes halogenated alkanes) is 2. The zero-order valence-corrected chi connectivity index (χ0v) is 31.6. The van der Waals surface area contributed by atoms with Crippen LogP contribution in [-0.2, 0) is 6.42 Å². The molecule has 0 bridgehead atoms. The van der Waals surface area contributed by atoms with Gasteiger partial charge in [0.25, 0.3) is 0 Å². The zero-order chi connectivity index (χ0) is 35.3. The third-order valence-electron chi connectivity index (χ3n) is 11.2. The van der Waals surface area contributed by atoms with E-state index in [1.165, 1.54) is 72.8 Å². The van der Waals surface area contributed by atoms with E-state index >= 15 is 0 Å². The Kier molecular flexibility index (Phi) is 14.4. The van der Waals surface area contributed by atoms with Crippen molar-refractivity contribution in [1.82, 2.24) is 20.9 Å². The highest BCUT2D eigenvalue weighted by Crippen LogP contribution is 2.31. The molecule has 3 aliphatic heterocycles. The highest BCUT2D eigenvalue weighted by Gasteiger charge is 2.32. The van der Waals surface area contributed by atoms with Gasteiger partial charge in [-0.2, -0.15) is 0 Å². The number of rotatable bonds is 19. The normalized spacial score (nSPS) is 20.4. The Labute approximate surface area is 303 Å². The molecule has 1 aliphatic carbocycles. The molecule has 6 heteroatoms. The van der Waals surface area contributed by atoms with Crippen molar-refractivity contribution in [2.75, 3.05) is 19.6 Å². The Morgan fingerprint density at radius 3 is 2.66 bits per heavy atom. The minimum Gasteiger partial charge on any atom is -0.361 e. The number of aliphatic imine (C=N–C) groups is 1. The molecule has 3 heterocycles. The smallest absolute Gasteiger partial charge is 0.327 e. The summed E-state index contributed by atoms with van der Waals surface area (Å²) >= 11 is 0. The molecule has 4 unspecified atom stereocenters. The van der Waals surface area contributed by atoms with Crippen LogP contribution >= 0.6 is 0 Å². The lowest BCUT2D eigenvalue weighted by atomic mass is 9.85. The minimum absolute atomic E-state index is 0.100. The van der Waals surface area contributed by atoms with Crippen molar-refractivity contribution in [3.8, 4) is 0 Å². The number of amides is 2. The topological polar surface area (TPSA) is 68.8 Å². The summed E-state index contributed by atoms with van der Waals surface area (Å²) in [6, 6.07) is 6.83. The van der Waals surface area contributed by atoms with Crippen molar-refractivity contribution in [3.05, 3.63) is 100.0 Å². The van der Waals surface area contributed by atoms with Crippen LogP contribution in [0.2, 0.25) is 0 Å². The van der Waals surface area contributed by atoms with Gasteiger partial charge in [0.15, 0.2) is 0 Å². The van der Waals surface area contributed by atoms with Crippen LogP contribution in [0.1, 0.15) is 115 Å². The molecule has 5 rings (SSSR count). The van der Waals surface area contributed by atoms with E-state index in [0.29, 0.717) is 5.92 Å². The summed E-state index contributed by atoms with van der Waals surface area (Å²) in [6.45, 7) is 14.4. The van der Waals surface area contributed by atoms with Gasteiger partial charge in [-0.25, -0.2) is 4.79 Å². The van der Waals surface area contributed by atoms with Gasteiger partial charge in [-0.3, -0.25) is 9.89 Å². The average molecular weight is 678 g/mol. The SMILES string of the molecule is CCCCNCC(CCC1=CC=NCC1)C1=CCC=C(N2C=C3C=C(c4cc(C)cc(CCCCC(CC)C(C)CC)c4)NC3NC2=O)C=C1. The summed E-state index contributed by atoms with van der Waals surface area (Å²) < 4.78 is 0. The van der Waals surface area contributed by atoms with Crippen LogP contribution in [0.3, 0.4) is 0 Å². The van der Waals surface area contributed by atoms with Crippen molar-refractivity contribution in [2.45, 2.75) is 118 Å². The van der Waals surface area contributed by atoms with Crippen molar-refractivity contribution in [1.29, 1.82) is 0 Å². The predicted molar refractivity (Wildman–Crippen MR) is 212 cm³/mol. The Balaban J connectivity index is 1.23. The Morgan fingerprint density at radius 2 is 1.88 bits per heavy atom. The number of carbonyl (C=O) groups excluding carboxylic acids is 1. The van der Waals surface area contributed by atoms with Gasteiger partial charge < -0.3 is 16.0 Å². The van der Waals surface area contributed by atoms with Crippen molar-refractivity contribution >= 4 is 17.9 Å². The maximum atomic E-state index is 13.5. The zero-order valence-electron chi connectivity index (χ0n) is 31.6. The van der Waals surface area contributed by atoms with Crippen molar-refractivity contribution in [2.24, 2.45) is 22.7 Å². The maximum Gasteiger partial charge on any atom is 0.327 e. The number of hydrogen-bond acceptors (Lipinski definition) is 4. The molecule has 0 fully saturated rings. The van der Waals surface area contributed by atoms with Crippen LogP contribution in [0.25, 0.3) is 5.70 Å². The second-order valence-electron chi connectivity index (χ2n) is 14.9. The van der Waals surface area contributed by atoms with Gasteiger partial charge in [0.2, 0.25) is 0 Å². The summed E-state index contributed by atoms with van der Waals surface area (Å²) in [5, 5.41) is 10.5. The highest BCUT2D eigenvalue weighted by molar-refractivity contribution is 5.83. The van der Waals surface area contributed by atoms with E-state index in [1.807, 2.05) is 12.4 Å². The molecule has 270 valence electrons. The molecule has 0 saturated heterocycles. The fourth-order valence-corrected chi connectivity index (χ4v) is 7.81. The second kappa shape index (κ2) is 19.1. The molecule has 2 amide bonds. The molecule has 1 aromatic carbocycles. The number of nitrogens with one attached hydrogen (secondary N) is 3. The fourth-order valence-electron chi connectivity index (χ4n) is 7.81. The van der Waals surface area contributed by atoms with Crippen LogP contribution in [0, 0.1) is 24.7 Å². The number of allylic oxidation sites excluding steroid dienone is 5. The van der Waals surface area contributed by atoms with Crippen LogP contribution in [-0.4, -0.2) is 42.9 Å². The van der Waals surface area contributed by atoms with Crippen LogP contribution in [0.4, 0.5) is 4.79 Å². The molecule has 1 aromatic rings. The molecule has 0 spiro atoms. The standard InChI is InChI=1S/C44H63N5O/c1-6-9-23-46-30-38(18-17-34-21-24-45-25-22-34)37-15-12-16-41(20-19-37)49-31-40-29-42(47-43(40)48-44(49)50)39-27-32(4)26-35(28-39)13-10-11-14-36(8-3)33(5)7-2/h15-16,19-21,24,26-29,31,33,36,38,43,46-47H,6-14,17-18,22-23,25,30H2,1-5H3,(H,48,50). The van der Waals surface area contributed by atoms with Gasteiger partial charge in [0.1, 0.15) is 6.17 Å². The fraction of sp³-hybridized carbons (Fsp3) is 0.545. The third-order valence-corrected chi connectivity index (χ3v) is 11.2. The largest absolute Gasteiger partial charge is 0.361 e. The first-order valence-corrected chi connectivity index (χ1v) is 19.8. The van der Waals surface area contributed by atoms with Crippen LogP contribution in [0.5, 0.6) is 0 Å². The van der Waals surface area contributed by atoms with E-state index in [1.54, 1.807) is 4.90 Å². The third kappa shape index (κ3) is 10.4. The molecule has 4 aliphatic rings. The summed E-state index contributed by atoms with van der Waals surface area (Å²) in [5.41, 5.74) is 9.79.